The fourth-order valence-electron chi connectivity index (χ4n) is 1.63. The van der Waals surface area contributed by atoms with Crippen LogP contribution >= 0.6 is 22.7 Å². The molecule has 5 heteroatoms. The summed E-state index contributed by atoms with van der Waals surface area (Å²) in [4.78, 5) is 18.7. The van der Waals surface area contributed by atoms with Gasteiger partial charge >= 0.3 is 0 Å². The predicted octanol–water partition coefficient (Wildman–Crippen LogP) is 3.31. The Kier molecular flexibility index (Phi) is 4.14. The molecule has 0 saturated carbocycles. The lowest BCUT2D eigenvalue weighted by Crippen LogP contribution is -2.22. The number of hydrogen-bond donors (Lipinski definition) is 1. The quantitative estimate of drug-likeness (QED) is 0.933. The van der Waals surface area contributed by atoms with Gasteiger partial charge in [0.2, 0.25) is 0 Å². The van der Waals surface area contributed by atoms with Crippen LogP contribution in [-0.2, 0) is 13.0 Å². The average molecular weight is 280 g/mol. The van der Waals surface area contributed by atoms with Gasteiger partial charge in [0.05, 0.1) is 22.8 Å². The molecule has 2 aromatic heterocycles. The minimum absolute atomic E-state index is 0.00908. The molecule has 0 saturated heterocycles. The number of aromatic nitrogens is 1. The van der Waals surface area contributed by atoms with Gasteiger partial charge in [-0.2, -0.15) is 0 Å². The molecule has 0 spiro atoms. The predicted molar refractivity (Wildman–Crippen MR) is 76.5 cm³/mol. The molecule has 0 radical (unpaired) electrons. The number of thiophene rings is 1. The molecule has 0 aromatic carbocycles. The van der Waals surface area contributed by atoms with Gasteiger partial charge in [-0.25, -0.2) is 4.98 Å². The average Bonchev–Trinajstić information content (AvgIpc) is 2.92. The third-order valence-electron chi connectivity index (χ3n) is 2.64. The van der Waals surface area contributed by atoms with Gasteiger partial charge in [0.15, 0.2) is 0 Å². The summed E-state index contributed by atoms with van der Waals surface area (Å²) in [6.07, 6.45) is 0.948. The summed E-state index contributed by atoms with van der Waals surface area (Å²) >= 11 is 3.27. The van der Waals surface area contributed by atoms with Crippen LogP contribution in [0.1, 0.15) is 37.7 Å². The van der Waals surface area contributed by atoms with Crippen LogP contribution in [0.4, 0.5) is 0 Å². The van der Waals surface area contributed by atoms with E-state index in [2.05, 4.69) is 17.2 Å². The van der Waals surface area contributed by atoms with E-state index >= 15 is 0 Å². The van der Waals surface area contributed by atoms with Gasteiger partial charge in [0, 0.05) is 15.1 Å². The highest BCUT2D eigenvalue weighted by Crippen LogP contribution is 2.18. The standard InChI is InChI=1S/C13H16N2OS2/c1-4-12-15-9(3)11(18-12)6-14-13(16)10-5-8(2)17-7-10/h5,7H,4,6H2,1-3H3,(H,14,16). The highest BCUT2D eigenvalue weighted by atomic mass is 32.1. The minimum Gasteiger partial charge on any atom is -0.347 e. The molecule has 1 amide bonds. The normalized spacial score (nSPS) is 10.6. The Bertz CT molecular complexity index is 557. The van der Waals surface area contributed by atoms with Crippen molar-refractivity contribution in [1.29, 1.82) is 0 Å². The number of nitrogens with zero attached hydrogens (tertiary/aromatic N) is 1. The zero-order valence-corrected chi connectivity index (χ0v) is 12.4. The van der Waals surface area contributed by atoms with Crippen molar-refractivity contribution in [2.75, 3.05) is 0 Å². The van der Waals surface area contributed by atoms with Crippen molar-refractivity contribution in [2.24, 2.45) is 0 Å². The van der Waals surface area contributed by atoms with E-state index in [4.69, 9.17) is 0 Å². The second kappa shape index (κ2) is 5.63. The van der Waals surface area contributed by atoms with Crippen molar-refractivity contribution in [3.05, 3.63) is 37.5 Å². The first kappa shape index (κ1) is 13.2. The van der Waals surface area contributed by atoms with Crippen molar-refractivity contribution in [3.8, 4) is 0 Å². The second-order valence-corrected chi connectivity index (χ2v) is 6.38. The Hall–Kier alpha value is -1.20. The van der Waals surface area contributed by atoms with Gasteiger partial charge in [-0.3, -0.25) is 4.79 Å². The molecule has 0 unspecified atom stereocenters. The topological polar surface area (TPSA) is 42.0 Å². The van der Waals surface area contributed by atoms with E-state index in [-0.39, 0.29) is 5.91 Å². The largest absolute Gasteiger partial charge is 0.347 e. The maximum absolute atomic E-state index is 11.9. The summed E-state index contributed by atoms with van der Waals surface area (Å²) < 4.78 is 0. The van der Waals surface area contributed by atoms with E-state index in [0.29, 0.717) is 6.54 Å². The molecule has 0 bridgehead atoms. The smallest absolute Gasteiger partial charge is 0.252 e. The molecule has 3 nitrogen and oxygen atoms in total. The van der Waals surface area contributed by atoms with Gasteiger partial charge < -0.3 is 5.32 Å². The zero-order valence-electron chi connectivity index (χ0n) is 10.7. The van der Waals surface area contributed by atoms with Crippen LogP contribution in [0.2, 0.25) is 0 Å². The Morgan fingerprint density at radius 2 is 2.22 bits per heavy atom. The number of carbonyl (C=O) groups is 1. The van der Waals surface area contributed by atoms with Crippen molar-refractivity contribution in [3.63, 3.8) is 0 Å². The molecule has 0 fully saturated rings. The van der Waals surface area contributed by atoms with Crippen LogP contribution in [0.15, 0.2) is 11.4 Å². The van der Waals surface area contributed by atoms with Crippen molar-refractivity contribution in [1.82, 2.24) is 10.3 Å². The lowest BCUT2D eigenvalue weighted by molar-refractivity contribution is 0.0951. The van der Waals surface area contributed by atoms with E-state index in [1.165, 1.54) is 0 Å². The lowest BCUT2D eigenvalue weighted by atomic mass is 10.3. The molecule has 96 valence electrons. The number of hydrogen-bond acceptors (Lipinski definition) is 4. The zero-order chi connectivity index (χ0) is 13.1. The number of rotatable bonds is 4. The second-order valence-electron chi connectivity index (χ2n) is 4.10. The molecule has 0 atom stereocenters. The van der Waals surface area contributed by atoms with E-state index in [0.717, 1.165) is 32.4 Å². The molecule has 2 heterocycles. The maximum Gasteiger partial charge on any atom is 0.252 e. The first-order chi connectivity index (χ1) is 8.60. The molecule has 18 heavy (non-hydrogen) atoms. The van der Waals surface area contributed by atoms with Gasteiger partial charge in [-0.15, -0.1) is 22.7 Å². The molecule has 0 aliphatic rings. The molecular formula is C13H16N2OS2. The van der Waals surface area contributed by atoms with Crippen LogP contribution in [-0.4, -0.2) is 10.9 Å². The fourth-order valence-corrected chi connectivity index (χ4v) is 3.26. The Labute approximate surface area is 115 Å². The third-order valence-corrected chi connectivity index (χ3v) is 4.80. The molecule has 2 rings (SSSR count). The fraction of sp³-hybridized carbons (Fsp3) is 0.385. The van der Waals surface area contributed by atoms with E-state index in [1.807, 2.05) is 25.3 Å². The van der Waals surface area contributed by atoms with Crippen LogP contribution in [0.25, 0.3) is 0 Å². The van der Waals surface area contributed by atoms with Crippen molar-refractivity contribution >= 4 is 28.6 Å². The van der Waals surface area contributed by atoms with Crippen LogP contribution < -0.4 is 5.32 Å². The van der Waals surface area contributed by atoms with E-state index in [1.54, 1.807) is 22.7 Å². The van der Waals surface area contributed by atoms with Crippen LogP contribution in [0.3, 0.4) is 0 Å². The van der Waals surface area contributed by atoms with E-state index in [9.17, 15) is 4.79 Å². The number of nitrogens with one attached hydrogen (secondary N) is 1. The highest BCUT2D eigenvalue weighted by molar-refractivity contribution is 7.11. The molecular weight excluding hydrogens is 264 g/mol. The lowest BCUT2D eigenvalue weighted by Gasteiger charge is -2.01. The summed E-state index contributed by atoms with van der Waals surface area (Å²) in [6.45, 7) is 6.65. The Morgan fingerprint density at radius 1 is 1.44 bits per heavy atom. The van der Waals surface area contributed by atoms with Gasteiger partial charge in [0.1, 0.15) is 0 Å². The van der Waals surface area contributed by atoms with Gasteiger partial charge in [-0.1, -0.05) is 6.92 Å². The third kappa shape index (κ3) is 2.97. The number of amides is 1. The molecule has 0 aliphatic heterocycles. The van der Waals surface area contributed by atoms with Gasteiger partial charge in [0.25, 0.3) is 5.91 Å². The van der Waals surface area contributed by atoms with Gasteiger partial charge in [-0.05, 0) is 26.3 Å². The number of aryl methyl sites for hydroxylation is 3. The Balaban J connectivity index is 1.99. The first-order valence-corrected chi connectivity index (χ1v) is 7.58. The molecule has 1 N–H and O–H groups in total. The molecule has 2 aromatic rings. The number of carbonyl (C=O) groups excluding carboxylic acids is 1. The maximum atomic E-state index is 11.9. The molecule has 0 aliphatic carbocycles. The summed E-state index contributed by atoms with van der Waals surface area (Å²) in [5.74, 6) is -0.00908. The monoisotopic (exact) mass is 280 g/mol. The summed E-state index contributed by atoms with van der Waals surface area (Å²) in [6, 6.07) is 1.91. The van der Waals surface area contributed by atoms with Crippen molar-refractivity contribution < 1.29 is 4.79 Å². The minimum atomic E-state index is -0.00908. The SMILES string of the molecule is CCc1nc(C)c(CNC(=O)c2csc(C)c2)s1. The summed E-state index contributed by atoms with van der Waals surface area (Å²) in [7, 11) is 0. The van der Waals surface area contributed by atoms with E-state index < -0.39 is 0 Å². The van der Waals surface area contributed by atoms with Crippen molar-refractivity contribution in [2.45, 2.75) is 33.7 Å². The van der Waals surface area contributed by atoms with Crippen LogP contribution in [0.5, 0.6) is 0 Å². The van der Waals surface area contributed by atoms with Crippen LogP contribution in [0, 0.1) is 13.8 Å². The summed E-state index contributed by atoms with van der Waals surface area (Å²) in [5, 5.41) is 5.96. The highest BCUT2D eigenvalue weighted by Gasteiger charge is 2.10. The first-order valence-electron chi connectivity index (χ1n) is 5.88. The summed E-state index contributed by atoms with van der Waals surface area (Å²) in [5.41, 5.74) is 1.77. The number of thiazole rings is 1. The Morgan fingerprint density at radius 3 is 2.78 bits per heavy atom.